The van der Waals surface area contributed by atoms with Crippen molar-refractivity contribution in [3.63, 3.8) is 0 Å². The van der Waals surface area contributed by atoms with Crippen LogP contribution in [0.1, 0.15) is 110 Å². The number of halogens is 1. The van der Waals surface area contributed by atoms with Crippen molar-refractivity contribution in [2.24, 2.45) is 0 Å². The van der Waals surface area contributed by atoms with Gasteiger partial charge in [-0.05, 0) is 13.3 Å². The van der Waals surface area contributed by atoms with Crippen LogP contribution in [0.4, 0.5) is 10.2 Å². The number of ether oxygens (including phenoxy) is 1. The maximum Gasteiger partial charge on any atom is 0.351 e. The van der Waals surface area contributed by atoms with Gasteiger partial charge in [-0.25, -0.2) is 9.18 Å². The third-order valence-electron chi connectivity index (χ3n) is 6.48. The van der Waals surface area contributed by atoms with Crippen LogP contribution in [0.2, 0.25) is 0 Å². The van der Waals surface area contributed by atoms with Crippen molar-refractivity contribution in [2.45, 2.75) is 128 Å². The summed E-state index contributed by atoms with van der Waals surface area (Å²) >= 11 is 0. The molecule has 0 spiro atoms. The summed E-state index contributed by atoms with van der Waals surface area (Å²) in [7, 11) is 0. The van der Waals surface area contributed by atoms with E-state index in [1.54, 1.807) is 6.92 Å². The minimum Gasteiger partial charge on any atom is -0.388 e. The van der Waals surface area contributed by atoms with Crippen LogP contribution in [0.5, 0.6) is 0 Å². The number of anilines is 1. The Morgan fingerprint density at radius 2 is 1.45 bits per heavy atom. The van der Waals surface area contributed by atoms with Gasteiger partial charge in [0.05, 0.1) is 12.3 Å². The Hall–Kier alpha value is -1.51. The zero-order chi connectivity index (χ0) is 24.1. The van der Waals surface area contributed by atoms with Crippen molar-refractivity contribution < 1.29 is 19.3 Å². The Morgan fingerprint density at radius 3 is 1.94 bits per heavy atom. The van der Waals surface area contributed by atoms with Crippen molar-refractivity contribution in [1.29, 1.82) is 0 Å². The summed E-state index contributed by atoms with van der Waals surface area (Å²) in [5, 5.41) is 22.7. The van der Waals surface area contributed by atoms with Gasteiger partial charge in [-0.3, -0.25) is 4.57 Å². The molecule has 0 amide bonds. The van der Waals surface area contributed by atoms with E-state index < -0.39 is 36.0 Å². The van der Waals surface area contributed by atoms with Gasteiger partial charge < -0.3 is 20.3 Å². The van der Waals surface area contributed by atoms with E-state index in [1.165, 1.54) is 70.6 Å². The van der Waals surface area contributed by atoms with Crippen molar-refractivity contribution in [1.82, 2.24) is 9.55 Å². The Kier molecular flexibility index (Phi) is 12.9. The first-order chi connectivity index (χ1) is 16.0. The van der Waals surface area contributed by atoms with Crippen LogP contribution in [-0.2, 0) is 4.74 Å². The predicted octanol–water partition coefficient (Wildman–Crippen LogP) is 4.91. The highest BCUT2D eigenvalue weighted by molar-refractivity contribution is 5.34. The van der Waals surface area contributed by atoms with Crippen molar-refractivity contribution in [2.75, 3.05) is 11.9 Å². The monoisotopic (exact) mass is 469 g/mol. The molecule has 1 aromatic heterocycles. The van der Waals surface area contributed by atoms with Crippen molar-refractivity contribution in [3.05, 3.63) is 22.5 Å². The average Bonchev–Trinajstić information content (AvgIpc) is 3.05. The first-order valence-electron chi connectivity index (χ1n) is 13.0. The van der Waals surface area contributed by atoms with Crippen LogP contribution < -0.4 is 11.0 Å². The molecular weight excluding hydrogens is 425 g/mol. The highest BCUT2D eigenvalue weighted by atomic mass is 19.1. The van der Waals surface area contributed by atoms with Gasteiger partial charge in [0.15, 0.2) is 17.9 Å². The van der Waals surface area contributed by atoms with Crippen LogP contribution in [0.15, 0.2) is 11.0 Å². The molecule has 1 saturated heterocycles. The number of hydrogen-bond donors (Lipinski definition) is 3. The number of nitrogens with one attached hydrogen (secondary N) is 1. The van der Waals surface area contributed by atoms with Gasteiger partial charge in [-0.2, -0.15) is 4.98 Å². The molecule has 8 heteroatoms. The third-order valence-corrected chi connectivity index (χ3v) is 6.48. The highest BCUT2D eigenvalue weighted by Crippen LogP contribution is 2.28. The van der Waals surface area contributed by atoms with Crippen LogP contribution in [0.3, 0.4) is 0 Å². The smallest absolute Gasteiger partial charge is 0.351 e. The lowest BCUT2D eigenvalue weighted by molar-refractivity contribution is -0.0355. The van der Waals surface area contributed by atoms with E-state index >= 15 is 0 Å². The van der Waals surface area contributed by atoms with E-state index in [-0.39, 0.29) is 5.82 Å². The fourth-order valence-electron chi connectivity index (χ4n) is 4.34. The molecule has 0 aliphatic carbocycles. The summed E-state index contributed by atoms with van der Waals surface area (Å²) < 4.78 is 20.7. The maximum atomic E-state index is 14.4. The second-order valence-electron chi connectivity index (χ2n) is 9.36. The Morgan fingerprint density at radius 1 is 0.939 bits per heavy atom. The van der Waals surface area contributed by atoms with E-state index in [9.17, 15) is 19.4 Å². The number of hydrogen-bond acceptors (Lipinski definition) is 6. The molecule has 190 valence electrons. The molecule has 0 aromatic carbocycles. The van der Waals surface area contributed by atoms with E-state index in [0.717, 1.165) is 30.0 Å². The second kappa shape index (κ2) is 15.4. The molecule has 1 fully saturated rings. The van der Waals surface area contributed by atoms with Gasteiger partial charge in [0.25, 0.3) is 0 Å². The second-order valence-corrected chi connectivity index (χ2v) is 9.36. The maximum absolute atomic E-state index is 14.4. The fraction of sp³-hybridized carbons (Fsp3) is 0.840. The average molecular weight is 470 g/mol. The zero-order valence-corrected chi connectivity index (χ0v) is 20.5. The lowest BCUT2D eigenvalue weighted by Gasteiger charge is -2.18. The number of aliphatic hydroxyl groups excluding tert-OH is 2. The molecule has 3 N–H and O–H groups in total. The van der Waals surface area contributed by atoms with Crippen molar-refractivity contribution in [3.8, 4) is 0 Å². The summed E-state index contributed by atoms with van der Waals surface area (Å²) in [6, 6.07) is 0. The van der Waals surface area contributed by atoms with Gasteiger partial charge in [-0.1, -0.05) is 90.4 Å². The van der Waals surface area contributed by atoms with Crippen molar-refractivity contribution >= 4 is 5.82 Å². The minimum absolute atomic E-state index is 0.0907. The molecule has 7 nitrogen and oxygen atoms in total. The van der Waals surface area contributed by atoms with E-state index in [1.807, 2.05) is 0 Å². The normalized spacial score (nSPS) is 22.7. The molecule has 1 aliphatic rings. The number of aliphatic hydroxyl groups is 2. The summed E-state index contributed by atoms with van der Waals surface area (Å²) in [6.07, 6.45) is 14.6. The SMILES string of the molecule is CCCCCCCCCCCCCCCCNc1nc(=O)n([C@H]2O[C@@H](C)[C@@H](O)[C@H]2O)cc1F. The first kappa shape index (κ1) is 27.7. The van der Waals surface area contributed by atoms with Crippen LogP contribution >= 0.6 is 0 Å². The van der Waals surface area contributed by atoms with Gasteiger partial charge in [0, 0.05) is 6.54 Å². The zero-order valence-electron chi connectivity index (χ0n) is 20.5. The van der Waals surface area contributed by atoms with E-state index in [0.29, 0.717) is 6.54 Å². The topological polar surface area (TPSA) is 96.6 Å². The van der Waals surface area contributed by atoms with Gasteiger partial charge in [0.2, 0.25) is 0 Å². The quantitative estimate of drug-likeness (QED) is 0.280. The third kappa shape index (κ3) is 9.33. The standard InChI is InChI=1S/C25H44FN3O4/c1-3-4-5-6-7-8-9-10-11-12-13-14-15-16-17-27-23-20(26)18-29(25(32)28-23)24-22(31)21(30)19(2)33-24/h18-19,21-22,24,30-31H,3-17H2,1-2H3,(H,27,28,32)/t19-,21+,22+,24-/m0/s1. The number of unbranched alkanes of at least 4 members (excludes halogenated alkanes) is 13. The highest BCUT2D eigenvalue weighted by Gasteiger charge is 2.42. The summed E-state index contributed by atoms with van der Waals surface area (Å²) in [4.78, 5) is 16.0. The molecule has 0 radical (unpaired) electrons. The van der Waals surface area contributed by atoms with Crippen LogP contribution in [0, 0.1) is 5.82 Å². The molecule has 33 heavy (non-hydrogen) atoms. The van der Waals surface area contributed by atoms with Gasteiger partial charge in [0.1, 0.15) is 12.2 Å². The number of aromatic nitrogens is 2. The molecule has 2 rings (SSSR count). The Labute approximate surface area is 197 Å². The largest absolute Gasteiger partial charge is 0.388 e. The summed E-state index contributed by atoms with van der Waals surface area (Å²) in [5.41, 5.74) is -0.731. The lowest BCUT2D eigenvalue weighted by Crippen LogP contribution is -2.36. The fourth-order valence-corrected chi connectivity index (χ4v) is 4.34. The Balaban J connectivity index is 1.55. The Bertz CT molecular complexity index is 730. The van der Waals surface area contributed by atoms with Gasteiger partial charge in [-0.15, -0.1) is 0 Å². The summed E-state index contributed by atoms with van der Waals surface area (Å²) in [6.45, 7) is 4.38. The molecule has 0 unspecified atom stereocenters. The lowest BCUT2D eigenvalue weighted by atomic mass is 10.0. The van der Waals surface area contributed by atoms with Crippen LogP contribution in [-0.4, -0.2) is 44.6 Å². The predicted molar refractivity (Wildman–Crippen MR) is 129 cm³/mol. The molecule has 1 aliphatic heterocycles. The molecule has 1 aromatic rings. The minimum atomic E-state index is -1.31. The molecule has 2 heterocycles. The van der Waals surface area contributed by atoms with E-state index in [2.05, 4.69) is 17.2 Å². The van der Waals surface area contributed by atoms with Gasteiger partial charge >= 0.3 is 5.69 Å². The van der Waals surface area contributed by atoms with E-state index in [4.69, 9.17) is 4.74 Å². The molecule has 0 saturated carbocycles. The van der Waals surface area contributed by atoms with Crippen LogP contribution in [0.25, 0.3) is 0 Å². The summed E-state index contributed by atoms with van der Waals surface area (Å²) in [5.74, 6) is -0.781. The molecule has 4 atom stereocenters. The molecule has 0 bridgehead atoms. The molecular formula is C25H44FN3O4. The number of rotatable bonds is 17. The number of nitrogens with zero attached hydrogens (tertiary/aromatic N) is 2. The first-order valence-corrected chi connectivity index (χ1v) is 13.0.